The van der Waals surface area contributed by atoms with Gasteiger partial charge in [0.25, 0.3) is 0 Å². The molecule has 3 aliphatic rings. The standard InChI is InChI=1S/C17H24N4O2/c22-16-10-13(11-21(16)14-5-6-14)17(23)20-9-2-1-4-15(20)12-19-8-3-7-18-19/h3,7-8,13-15H,1-2,4-6,9-12H2/t13-,15+/m0/s1. The Morgan fingerprint density at radius 2 is 2.13 bits per heavy atom. The average Bonchev–Trinajstić information content (AvgIpc) is 3.13. The summed E-state index contributed by atoms with van der Waals surface area (Å²) >= 11 is 0. The highest BCUT2D eigenvalue weighted by Crippen LogP contribution is 2.34. The lowest BCUT2D eigenvalue weighted by molar-refractivity contribution is -0.139. The molecule has 1 aromatic heterocycles. The Morgan fingerprint density at radius 3 is 2.87 bits per heavy atom. The normalized spacial score (nSPS) is 28.4. The number of piperidine rings is 1. The molecule has 1 saturated carbocycles. The summed E-state index contributed by atoms with van der Waals surface area (Å²) in [6.07, 6.45) is 9.60. The lowest BCUT2D eigenvalue weighted by Gasteiger charge is -2.37. The third-order valence-electron chi connectivity index (χ3n) is 5.36. The van der Waals surface area contributed by atoms with E-state index in [1.807, 2.05) is 26.7 Å². The van der Waals surface area contributed by atoms with Crippen molar-refractivity contribution < 1.29 is 9.59 Å². The van der Waals surface area contributed by atoms with Gasteiger partial charge in [0.05, 0.1) is 18.5 Å². The summed E-state index contributed by atoms with van der Waals surface area (Å²) in [5.41, 5.74) is 0. The maximum Gasteiger partial charge on any atom is 0.228 e. The molecule has 2 saturated heterocycles. The van der Waals surface area contributed by atoms with E-state index in [-0.39, 0.29) is 23.8 Å². The van der Waals surface area contributed by atoms with Gasteiger partial charge in [0, 0.05) is 37.9 Å². The van der Waals surface area contributed by atoms with Gasteiger partial charge < -0.3 is 9.80 Å². The van der Waals surface area contributed by atoms with Gasteiger partial charge >= 0.3 is 0 Å². The molecule has 0 bridgehead atoms. The highest BCUT2D eigenvalue weighted by Gasteiger charge is 2.43. The molecule has 2 amide bonds. The van der Waals surface area contributed by atoms with Gasteiger partial charge in [-0.15, -0.1) is 0 Å². The Morgan fingerprint density at radius 1 is 1.26 bits per heavy atom. The van der Waals surface area contributed by atoms with Gasteiger partial charge in [-0.25, -0.2) is 0 Å². The molecular formula is C17H24N4O2. The number of carbonyl (C=O) groups is 2. The average molecular weight is 316 g/mol. The predicted octanol–water partition coefficient (Wildman–Crippen LogP) is 1.28. The van der Waals surface area contributed by atoms with Crippen LogP contribution in [0.5, 0.6) is 0 Å². The van der Waals surface area contributed by atoms with Crippen molar-refractivity contribution in [2.45, 2.75) is 57.2 Å². The molecule has 6 nitrogen and oxygen atoms in total. The largest absolute Gasteiger partial charge is 0.339 e. The van der Waals surface area contributed by atoms with E-state index in [2.05, 4.69) is 5.10 Å². The van der Waals surface area contributed by atoms with Crippen LogP contribution in [0, 0.1) is 5.92 Å². The molecule has 4 rings (SSSR count). The lowest BCUT2D eigenvalue weighted by atomic mass is 9.98. The van der Waals surface area contributed by atoms with Gasteiger partial charge in [0.1, 0.15) is 0 Å². The fourth-order valence-corrected chi connectivity index (χ4v) is 3.98. The maximum absolute atomic E-state index is 13.0. The Hall–Kier alpha value is -1.85. The van der Waals surface area contributed by atoms with E-state index in [9.17, 15) is 9.59 Å². The van der Waals surface area contributed by atoms with Crippen LogP contribution in [0.15, 0.2) is 18.5 Å². The zero-order valence-corrected chi connectivity index (χ0v) is 13.4. The van der Waals surface area contributed by atoms with Gasteiger partial charge in [-0.05, 0) is 38.2 Å². The fourth-order valence-electron chi connectivity index (χ4n) is 3.98. The molecule has 0 N–H and O–H groups in total. The predicted molar refractivity (Wildman–Crippen MR) is 84.4 cm³/mol. The van der Waals surface area contributed by atoms with Gasteiger partial charge in [0.2, 0.25) is 11.8 Å². The molecule has 0 aromatic carbocycles. The number of aromatic nitrogens is 2. The highest BCUT2D eigenvalue weighted by atomic mass is 16.2. The first kappa shape index (κ1) is 14.7. The number of nitrogens with zero attached hydrogens (tertiary/aromatic N) is 4. The van der Waals surface area contributed by atoms with E-state index < -0.39 is 0 Å². The van der Waals surface area contributed by atoms with Crippen molar-refractivity contribution in [3.63, 3.8) is 0 Å². The van der Waals surface area contributed by atoms with E-state index in [4.69, 9.17) is 0 Å². The van der Waals surface area contributed by atoms with E-state index in [1.54, 1.807) is 6.20 Å². The van der Waals surface area contributed by atoms with E-state index in [0.717, 1.165) is 45.2 Å². The van der Waals surface area contributed by atoms with Crippen molar-refractivity contribution in [2.24, 2.45) is 5.92 Å². The number of rotatable bonds is 4. The SMILES string of the molecule is O=C1C[C@H](C(=O)N2CCCC[C@@H]2Cn2cccn2)CN1C1CC1. The smallest absolute Gasteiger partial charge is 0.228 e. The van der Waals surface area contributed by atoms with Crippen LogP contribution in [-0.4, -0.2) is 56.6 Å². The first-order chi connectivity index (χ1) is 11.2. The van der Waals surface area contributed by atoms with Crippen LogP contribution in [0.4, 0.5) is 0 Å². The Labute approximate surface area is 136 Å². The van der Waals surface area contributed by atoms with E-state index >= 15 is 0 Å². The summed E-state index contributed by atoms with van der Waals surface area (Å²) in [7, 11) is 0. The Bertz CT molecular complexity index is 581. The molecule has 124 valence electrons. The third-order valence-corrected chi connectivity index (χ3v) is 5.36. The van der Waals surface area contributed by atoms with Crippen molar-refractivity contribution in [2.75, 3.05) is 13.1 Å². The van der Waals surface area contributed by atoms with Crippen LogP contribution in [0.3, 0.4) is 0 Å². The minimum Gasteiger partial charge on any atom is -0.339 e. The first-order valence-electron chi connectivity index (χ1n) is 8.80. The molecule has 0 unspecified atom stereocenters. The lowest BCUT2D eigenvalue weighted by Crippen LogP contribution is -2.48. The maximum atomic E-state index is 13.0. The van der Waals surface area contributed by atoms with Crippen LogP contribution >= 0.6 is 0 Å². The molecule has 3 heterocycles. The van der Waals surface area contributed by atoms with Gasteiger partial charge in [-0.2, -0.15) is 5.10 Å². The molecular weight excluding hydrogens is 292 g/mol. The van der Waals surface area contributed by atoms with Gasteiger partial charge in [0.15, 0.2) is 0 Å². The summed E-state index contributed by atoms with van der Waals surface area (Å²) in [5.74, 6) is 0.214. The Kier molecular flexibility index (Phi) is 3.83. The second-order valence-electron chi connectivity index (χ2n) is 7.09. The van der Waals surface area contributed by atoms with Crippen molar-refractivity contribution >= 4 is 11.8 Å². The summed E-state index contributed by atoms with van der Waals surface area (Å²) in [6, 6.07) is 2.54. The minimum atomic E-state index is -0.138. The van der Waals surface area contributed by atoms with Crippen LogP contribution in [0.2, 0.25) is 0 Å². The molecule has 1 aromatic rings. The fraction of sp³-hybridized carbons (Fsp3) is 0.706. The third kappa shape index (κ3) is 2.99. The summed E-state index contributed by atoms with van der Waals surface area (Å²) in [4.78, 5) is 29.1. The molecule has 2 atom stereocenters. The topological polar surface area (TPSA) is 58.4 Å². The van der Waals surface area contributed by atoms with Crippen molar-refractivity contribution in [1.82, 2.24) is 19.6 Å². The van der Waals surface area contributed by atoms with Gasteiger partial charge in [-0.1, -0.05) is 0 Å². The quantitative estimate of drug-likeness (QED) is 0.841. The summed E-state index contributed by atoms with van der Waals surface area (Å²) < 4.78 is 1.91. The molecule has 23 heavy (non-hydrogen) atoms. The monoisotopic (exact) mass is 316 g/mol. The summed E-state index contributed by atoms with van der Waals surface area (Å²) in [5, 5.41) is 4.27. The van der Waals surface area contributed by atoms with Gasteiger partial charge in [-0.3, -0.25) is 14.3 Å². The second-order valence-corrected chi connectivity index (χ2v) is 7.09. The van der Waals surface area contributed by atoms with Crippen molar-refractivity contribution in [3.8, 4) is 0 Å². The summed E-state index contributed by atoms with van der Waals surface area (Å²) in [6.45, 7) is 2.21. The molecule has 2 aliphatic heterocycles. The molecule has 3 fully saturated rings. The Balaban J connectivity index is 1.44. The molecule has 6 heteroatoms. The van der Waals surface area contributed by atoms with Crippen LogP contribution in [-0.2, 0) is 16.1 Å². The number of likely N-dealkylation sites (tertiary alicyclic amines) is 2. The van der Waals surface area contributed by atoms with Crippen LogP contribution in [0.25, 0.3) is 0 Å². The van der Waals surface area contributed by atoms with E-state index in [1.165, 1.54) is 0 Å². The van der Waals surface area contributed by atoms with Crippen molar-refractivity contribution in [1.29, 1.82) is 0 Å². The number of hydrogen-bond donors (Lipinski definition) is 0. The highest BCUT2D eigenvalue weighted by molar-refractivity contribution is 5.89. The number of carbonyl (C=O) groups excluding carboxylic acids is 2. The first-order valence-corrected chi connectivity index (χ1v) is 8.80. The minimum absolute atomic E-state index is 0.138. The number of hydrogen-bond acceptors (Lipinski definition) is 3. The zero-order chi connectivity index (χ0) is 15.8. The van der Waals surface area contributed by atoms with E-state index in [0.29, 0.717) is 19.0 Å². The van der Waals surface area contributed by atoms with Crippen LogP contribution < -0.4 is 0 Å². The molecule has 0 spiro atoms. The number of amides is 2. The molecule has 1 aliphatic carbocycles. The molecule has 0 radical (unpaired) electrons. The van der Waals surface area contributed by atoms with Crippen LogP contribution in [0.1, 0.15) is 38.5 Å². The second kappa shape index (κ2) is 5.98. The zero-order valence-electron chi connectivity index (χ0n) is 13.4. The van der Waals surface area contributed by atoms with Crippen molar-refractivity contribution in [3.05, 3.63) is 18.5 Å².